The molecule has 4 heterocycles. The number of carbonyl (C=O) groups is 1. The number of benzene rings is 1. The van der Waals surface area contributed by atoms with E-state index >= 15 is 0 Å². The number of alkyl halides is 1. The first-order valence-electron chi connectivity index (χ1n) is 9.94. The number of aliphatic hydroxyl groups excluding tert-OH is 1. The number of aromatic nitrogens is 3. The molecule has 2 unspecified atom stereocenters. The highest BCUT2D eigenvalue weighted by molar-refractivity contribution is 6.00. The molecule has 0 aliphatic carbocycles. The van der Waals surface area contributed by atoms with E-state index in [1.807, 2.05) is 4.90 Å². The number of fused-ring (bicyclic) bond motifs is 1. The zero-order valence-electron chi connectivity index (χ0n) is 16.2. The standard InChI is InChI=1S/C21H21F2N5O2/c22-15-3-1-2-14(6-15)18-7-16(23)11-27(18)19-4-5-28-20(25-19)17(8-24-28)21(30)26-9-13(10-26)12-29/h1-6,8,13,16,18,29H,7,9-12H2. The van der Waals surface area contributed by atoms with Gasteiger partial charge in [0.05, 0.1) is 18.8 Å². The quantitative estimate of drug-likeness (QED) is 0.710. The number of hydrogen-bond donors (Lipinski definition) is 1. The largest absolute Gasteiger partial charge is 0.396 e. The fraction of sp³-hybridized carbons (Fsp3) is 0.381. The van der Waals surface area contributed by atoms with Crippen molar-refractivity contribution in [3.63, 3.8) is 0 Å². The molecule has 2 saturated heterocycles. The van der Waals surface area contributed by atoms with Crippen molar-refractivity contribution in [1.29, 1.82) is 0 Å². The Bertz CT molecular complexity index is 1100. The fourth-order valence-electron chi connectivity index (χ4n) is 4.26. The van der Waals surface area contributed by atoms with Crippen molar-refractivity contribution >= 4 is 17.4 Å². The summed E-state index contributed by atoms with van der Waals surface area (Å²) in [7, 11) is 0. The van der Waals surface area contributed by atoms with Crippen LogP contribution in [0.4, 0.5) is 14.6 Å². The first-order valence-corrected chi connectivity index (χ1v) is 9.94. The maximum Gasteiger partial charge on any atom is 0.259 e. The first kappa shape index (κ1) is 18.9. The highest BCUT2D eigenvalue weighted by Crippen LogP contribution is 2.37. The lowest BCUT2D eigenvalue weighted by molar-refractivity contribution is 0.0363. The van der Waals surface area contributed by atoms with Crippen LogP contribution in [-0.4, -0.2) is 62.9 Å². The topological polar surface area (TPSA) is 74.0 Å². The third-order valence-electron chi connectivity index (χ3n) is 5.87. The molecule has 2 fully saturated rings. The minimum absolute atomic E-state index is 0.0573. The van der Waals surface area contributed by atoms with Crippen molar-refractivity contribution in [2.45, 2.75) is 18.6 Å². The summed E-state index contributed by atoms with van der Waals surface area (Å²) in [6.07, 6.45) is 2.36. The molecule has 1 N–H and O–H groups in total. The molecule has 2 aliphatic heterocycles. The third kappa shape index (κ3) is 3.19. The number of carbonyl (C=O) groups excluding carboxylic acids is 1. The molecule has 0 saturated carbocycles. The van der Waals surface area contributed by atoms with Crippen LogP contribution in [-0.2, 0) is 0 Å². The van der Waals surface area contributed by atoms with Gasteiger partial charge in [-0.05, 0) is 23.8 Å². The van der Waals surface area contributed by atoms with Crippen molar-refractivity contribution in [3.05, 3.63) is 59.7 Å². The summed E-state index contributed by atoms with van der Waals surface area (Å²) < 4.78 is 29.6. The fourth-order valence-corrected chi connectivity index (χ4v) is 4.26. The van der Waals surface area contributed by atoms with Crippen LogP contribution in [0.15, 0.2) is 42.7 Å². The first-order chi connectivity index (χ1) is 14.5. The molecule has 0 radical (unpaired) electrons. The van der Waals surface area contributed by atoms with Crippen molar-refractivity contribution in [1.82, 2.24) is 19.5 Å². The average molecular weight is 413 g/mol. The van der Waals surface area contributed by atoms with Gasteiger partial charge in [0.25, 0.3) is 5.91 Å². The molecule has 2 aromatic heterocycles. The zero-order chi connectivity index (χ0) is 20.8. The van der Waals surface area contributed by atoms with E-state index < -0.39 is 6.17 Å². The van der Waals surface area contributed by atoms with Gasteiger partial charge in [-0.2, -0.15) is 5.10 Å². The van der Waals surface area contributed by atoms with Gasteiger partial charge in [0.2, 0.25) is 0 Å². The summed E-state index contributed by atoms with van der Waals surface area (Å²) in [6, 6.07) is 7.57. The summed E-state index contributed by atoms with van der Waals surface area (Å²) in [6.45, 7) is 1.21. The number of rotatable bonds is 4. The molecular weight excluding hydrogens is 392 g/mol. The lowest BCUT2D eigenvalue weighted by atomic mass is 10.0. The Kier molecular flexibility index (Phi) is 4.62. The molecule has 1 amide bonds. The molecule has 30 heavy (non-hydrogen) atoms. The molecule has 0 bridgehead atoms. The normalized spacial score (nSPS) is 22.0. The Morgan fingerprint density at radius 1 is 1.23 bits per heavy atom. The van der Waals surface area contributed by atoms with Crippen LogP contribution in [0, 0.1) is 11.7 Å². The van der Waals surface area contributed by atoms with Crippen LogP contribution in [0.1, 0.15) is 28.4 Å². The zero-order valence-corrected chi connectivity index (χ0v) is 16.2. The monoisotopic (exact) mass is 413 g/mol. The number of aliphatic hydroxyl groups is 1. The SMILES string of the molecule is O=C(c1cnn2ccc(N3CC(F)CC3c3cccc(F)c3)nc12)N1CC(CO)C1. The molecule has 0 spiro atoms. The van der Waals surface area contributed by atoms with E-state index in [2.05, 4.69) is 10.1 Å². The lowest BCUT2D eigenvalue weighted by Crippen LogP contribution is -2.51. The van der Waals surface area contributed by atoms with Crippen LogP contribution in [0.5, 0.6) is 0 Å². The lowest BCUT2D eigenvalue weighted by Gasteiger charge is -2.37. The van der Waals surface area contributed by atoms with Crippen LogP contribution >= 0.6 is 0 Å². The number of halogens is 2. The van der Waals surface area contributed by atoms with Crippen LogP contribution in [0.2, 0.25) is 0 Å². The predicted molar refractivity (Wildman–Crippen MR) is 105 cm³/mol. The molecule has 2 aliphatic rings. The van der Waals surface area contributed by atoms with Crippen molar-refractivity contribution in [2.75, 3.05) is 31.1 Å². The van der Waals surface area contributed by atoms with E-state index in [4.69, 9.17) is 0 Å². The van der Waals surface area contributed by atoms with E-state index in [-0.39, 0.29) is 43.3 Å². The molecule has 7 nitrogen and oxygen atoms in total. The minimum Gasteiger partial charge on any atom is -0.396 e. The van der Waals surface area contributed by atoms with Gasteiger partial charge in [0, 0.05) is 38.2 Å². The Balaban J connectivity index is 1.47. The van der Waals surface area contributed by atoms with Gasteiger partial charge in [0.15, 0.2) is 5.65 Å². The van der Waals surface area contributed by atoms with E-state index in [1.54, 1.807) is 29.3 Å². The highest BCUT2D eigenvalue weighted by Gasteiger charge is 2.35. The number of hydrogen-bond acceptors (Lipinski definition) is 5. The number of nitrogens with zero attached hydrogens (tertiary/aromatic N) is 5. The molecule has 2 atom stereocenters. The van der Waals surface area contributed by atoms with Crippen molar-refractivity contribution < 1.29 is 18.7 Å². The van der Waals surface area contributed by atoms with E-state index in [0.717, 1.165) is 0 Å². The van der Waals surface area contributed by atoms with E-state index in [0.29, 0.717) is 35.7 Å². The third-order valence-corrected chi connectivity index (χ3v) is 5.87. The van der Waals surface area contributed by atoms with Gasteiger partial charge in [-0.1, -0.05) is 12.1 Å². The Labute approximate surface area is 171 Å². The molecule has 9 heteroatoms. The van der Waals surface area contributed by atoms with Gasteiger partial charge in [-0.15, -0.1) is 0 Å². The Morgan fingerprint density at radius 3 is 2.83 bits per heavy atom. The van der Waals surface area contributed by atoms with Crippen LogP contribution < -0.4 is 4.90 Å². The molecular formula is C21H21F2N5O2. The molecule has 5 rings (SSSR count). The van der Waals surface area contributed by atoms with Gasteiger partial charge < -0.3 is 14.9 Å². The van der Waals surface area contributed by atoms with Crippen molar-refractivity contribution in [3.8, 4) is 0 Å². The summed E-state index contributed by atoms with van der Waals surface area (Å²) in [4.78, 5) is 20.9. The Hall–Kier alpha value is -3.07. The second-order valence-electron chi connectivity index (χ2n) is 7.93. The molecule has 3 aromatic rings. The molecule has 1 aromatic carbocycles. The van der Waals surface area contributed by atoms with Crippen LogP contribution in [0.25, 0.3) is 5.65 Å². The predicted octanol–water partition coefficient (Wildman–Crippen LogP) is 2.22. The van der Waals surface area contributed by atoms with Gasteiger partial charge >= 0.3 is 0 Å². The summed E-state index contributed by atoms with van der Waals surface area (Å²) in [5, 5.41) is 13.4. The van der Waals surface area contributed by atoms with Crippen molar-refractivity contribution in [2.24, 2.45) is 5.92 Å². The number of anilines is 1. The van der Waals surface area contributed by atoms with Gasteiger partial charge in [0.1, 0.15) is 23.4 Å². The number of likely N-dealkylation sites (tertiary alicyclic amines) is 1. The maximum absolute atomic E-state index is 14.3. The summed E-state index contributed by atoms with van der Waals surface area (Å²) in [5.41, 5.74) is 1.45. The summed E-state index contributed by atoms with van der Waals surface area (Å²) in [5.74, 6) is 0.0733. The second kappa shape index (κ2) is 7.32. The highest BCUT2D eigenvalue weighted by atomic mass is 19.1. The second-order valence-corrected chi connectivity index (χ2v) is 7.93. The maximum atomic E-state index is 14.3. The number of amides is 1. The Morgan fingerprint density at radius 2 is 2.07 bits per heavy atom. The van der Waals surface area contributed by atoms with Gasteiger partial charge in [-0.3, -0.25) is 4.79 Å². The minimum atomic E-state index is -1.06. The smallest absolute Gasteiger partial charge is 0.259 e. The summed E-state index contributed by atoms with van der Waals surface area (Å²) >= 11 is 0. The van der Waals surface area contributed by atoms with Crippen LogP contribution in [0.3, 0.4) is 0 Å². The van der Waals surface area contributed by atoms with E-state index in [1.165, 1.54) is 22.8 Å². The van der Waals surface area contributed by atoms with Gasteiger partial charge in [-0.25, -0.2) is 18.3 Å². The van der Waals surface area contributed by atoms with E-state index in [9.17, 15) is 18.7 Å². The average Bonchev–Trinajstić information content (AvgIpc) is 3.30. The molecule has 156 valence electrons.